The highest BCUT2D eigenvalue weighted by molar-refractivity contribution is 7.13. The lowest BCUT2D eigenvalue weighted by Gasteiger charge is -1.97. The fourth-order valence-corrected chi connectivity index (χ4v) is 2.28. The molecular weight excluding hydrogens is 176 g/mol. The van der Waals surface area contributed by atoms with E-state index in [2.05, 4.69) is 49.6 Å². The molecule has 0 N–H and O–H groups in total. The van der Waals surface area contributed by atoms with Crippen LogP contribution in [0.15, 0.2) is 35.7 Å². The maximum Gasteiger partial charge on any atom is 0.0345 e. The summed E-state index contributed by atoms with van der Waals surface area (Å²) in [6, 6.07) is 10.9. The van der Waals surface area contributed by atoms with E-state index >= 15 is 0 Å². The van der Waals surface area contributed by atoms with Crippen molar-refractivity contribution in [2.45, 2.75) is 13.8 Å². The molecular formula is C12H12S. The third-order valence-electron chi connectivity index (χ3n) is 2.03. The van der Waals surface area contributed by atoms with Gasteiger partial charge in [0, 0.05) is 4.88 Å². The number of rotatable bonds is 1. The second-order valence-electron chi connectivity index (χ2n) is 3.36. The molecule has 66 valence electrons. The summed E-state index contributed by atoms with van der Waals surface area (Å²) in [6.07, 6.45) is 0. The zero-order valence-corrected chi connectivity index (χ0v) is 8.69. The van der Waals surface area contributed by atoms with Gasteiger partial charge in [0.25, 0.3) is 0 Å². The van der Waals surface area contributed by atoms with Crippen molar-refractivity contribution < 1.29 is 0 Å². The standard InChI is InChI=1S/C12H12S/c1-9-4-3-5-11(6-9)12-7-10(2)8-13-12/h3-8H,1-2H3. The molecule has 1 aromatic carbocycles. The molecule has 1 heteroatoms. The quantitative estimate of drug-likeness (QED) is 0.633. The topological polar surface area (TPSA) is 0 Å². The first kappa shape index (κ1) is 8.52. The maximum absolute atomic E-state index is 2.24. The molecule has 2 aromatic rings. The molecule has 0 amide bonds. The van der Waals surface area contributed by atoms with Gasteiger partial charge < -0.3 is 0 Å². The van der Waals surface area contributed by atoms with E-state index in [0.717, 1.165) is 0 Å². The Labute approximate surface area is 82.9 Å². The van der Waals surface area contributed by atoms with Gasteiger partial charge in [-0.2, -0.15) is 0 Å². The van der Waals surface area contributed by atoms with Gasteiger partial charge in [-0.15, -0.1) is 11.3 Å². The first-order valence-electron chi connectivity index (χ1n) is 4.38. The molecule has 0 aliphatic rings. The van der Waals surface area contributed by atoms with Crippen molar-refractivity contribution >= 4 is 11.3 Å². The molecule has 0 aliphatic carbocycles. The molecule has 0 unspecified atom stereocenters. The zero-order valence-electron chi connectivity index (χ0n) is 7.87. The molecule has 0 aliphatic heterocycles. The Morgan fingerprint density at radius 2 is 1.85 bits per heavy atom. The van der Waals surface area contributed by atoms with Gasteiger partial charge in [-0.1, -0.05) is 29.8 Å². The molecule has 0 saturated heterocycles. The zero-order chi connectivity index (χ0) is 9.26. The van der Waals surface area contributed by atoms with Crippen molar-refractivity contribution in [3.63, 3.8) is 0 Å². The van der Waals surface area contributed by atoms with Crippen LogP contribution in [0.5, 0.6) is 0 Å². The van der Waals surface area contributed by atoms with Gasteiger partial charge >= 0.3 is 0 Å². The third kappa shape index (κ3) is 1.81. The number of thiophene rings is 1. The fraction of sp³-hybridized carbons (Fsp3) is 0.167. The van der Waals surface area contributed by atoms with E-state index in [1.807, 2.05) is 11.3 Å². The first-order chi connectivity index (χ1) is 6.25. The first-order valence-corrected chi connectivity index (χ1v) is 5.26. The van der Waals surface area contributed by atoms with Crippen molar-refractivity contribution in [2.24, 2.45) is 0 Å². The predicted molar refractivity (Wildman–Crippen MR) is 59.2 cm³/mol. The van der Waals surface area contributed by atoms with Crippen LogP contribution in [-0.2, 0) is 0 Å². The van der Waals surface area contributed by atoms with Crippen LogP contribution in [0.3, 0.4) is 0 Å². The Morgan fingerprint density at radius 1 is 1.00 bits per heavy atom. The van der Waals surface area contributed by atoms with Crippen LogP contribution >= 0.6 is 11.3 Å². The minimum Gasteiger partial charge on any atom is -0.144 e. The van der Waals surface area contributed by atoms with Crippen molar-refractivity contribution in [3.8, 4) is 10.4 Å². The van der Waals surface area contributed by atoms with Crippen LogP contribution in [0.25, 0.3) is 10.4 Å². The van der Waals surface area contributed by atoms with E-state index in [-0.39, 0.29) is 0 Å². The maximum atomic E-state index is 2.24. The van der Waals surface area contributed by atoms with E-state index in [9.17, 15) is 0 Å². The highest BCUT2D eigenvalue weighted by Crippen LogP contribution is 2.27. The van der Waals surface area contributed by atoms with Crippen LogP contribution in [-0.4, -0.2) is 0 Å². The van der Waals surface area contributed by atoms with E-state index in [0.29, 0.717) is 0 Å². The number of hydrogen-bond donors (Lipinski definition) is 0. The Hall–Kier alpha value is -1.08. The fourth-order valence-electron chi connectivity index (χ4n) is 1.38. The summed E-state index contributed by atoms with van der Waals surface area (Å²) in [7, 11) is 0. The van der Waals surface area contributed by atoms with E-state index in [1.54, 1.807) is 0 Å². The van der Waals surface area contributed by atoms with Gasteiger partial charge in [0.05, 0.1) is 0 Å². The Kier molecular flexibility index (Phi) is 2.19. The van der Waals surface area contributed by atoms with Crippen molar-refractivity contribution in [2.75, 3.05) is 0 Å². The lowest BCUT2D eigenvalue weighted by molar-refractivity contribution is 1.47. The van der Waals surface area contributed by atoms with Crippen LogP contribution in [0.4, 0.5) is 0 Å². The van der Waals surface area contributed by atoms with Crippen LogP contribution < -0.4 is 0 Å². The van der Waals surface area contributed by atoms with E-state index < -0.39 is 0 Å². The summed E-state index contributed by atoms with van der Waals surface area (Å²) in [5.74, 6) is 0. The van der Waals surface area contributed by atoms with Crippen LogP contribution in [0.2, 0.25) is 0 Å². The number of aryl methyl sites for hydroxylation is 2. The summed E-state index contributed by atoms with van der Waals surface area (Å²) in [5.41, 5.74) is 4.00. The minimum absolute atomic E-state index is 1.32. The summed E-state index contributed by atoms with van der Waals surface area (Å²) in [6.45, 7) is 4.26. The summed E-state index contributed by atoms with van der Waals surface area (Å²) in [4.78, 5) is 1.36. The molecule has 1 aromatic heterocycles. The molecule has 13 heavy (non-hydrogen) atoms. The van der Waals surface area contributed by atoms with Gasteiger partial charge in [0.1, 0.15) is 0 Å². The molecule has 0 spiro atoms. The van der Waals surface area contributed by atoms with Crippen LogP contribution in [0, 0.1) is 13.8 Å². The lowest BCUT2D eigenvalue weighted by Crippen LogP contribution is -1.74. The van der Waals surface area contributed by atoms with Crippen molar-refractivity contribution in [1.29, 1.82) is 0 Å². The second-order valence-corrected chi connectivity index (χ2v) is 4.27. The van der Waals surface area contributed by atoms with Gasteiger partial charge in [-0.25, -0.2) is 0 Å². The monoisotopic (exact) mass is 188 g/mol. The van der Waals surface area contributed by atoms with Gasteiger partial charge in [-0.3, -0.25) is 0 Å². The SMILES string of the molecule is Cc1cccc(-c2cc(C)cs2)c1. The third-order valence-corrected chi connectivity index (χ3v) is 3.13. The summed E-state index contributed by atoms with van der Waals surface area (Å²) < 4.78 is 0. The molecule has 0 fully saturated rings. The Bertz CT molecular complexity index is 413. The highest BCUT2D eigenvalue weighted by atomic mass is 32.1. The lowest BCUT2D eigenvalue weighted by atomic mass is 10.1. The van der Waals surface area contributed by atoms with Gasteiger partial charge in [0.2, 0.25) is 0 Å². The number of hydrogen-bond acceptors (Lipinski definition) is 1. The van der Waals surface area contributed by atoms with E-state index in [1.165, 1.54) is 21.6 Å². The number of benzene rings is 1. The van der Waals surface area contributed by atoms with E-state index in [4.69, 9.17) is 0 Å². The average molecular weight is 188 g/mol. The van der Waals surface area contributed by atoms with Crippen molar-refractivity contribution in [3.05, 3.63) is 46.8 Å². The molecule has 0 radical (unpaired) electrons. The average Bonchev–Trinajstić information content (AvgIpc) is 2.52. The summed E-state index contributed by atoms with van der Waals surface area (Å²) in [5, 5.41) is 2.19. The Morgan fingerprint density at radius 3 is 2.46 bits per heavy atom. The minimum atomic E-state index is 1.32. The Balaban J connectivity index is 2.46. The van der Waals surface area contributed by atoms with Gasteiger partial charge in [-0.05, 0) is 36.4 Å². The molecule has 0 bridgehead atoms. The molecule has 0 nitrogen and oxygen atoms in total. The molecule has 1 heterocycles. The normalized spacial score (nSPS) is 10.3. The highest BCUT2D eigenvalue weighted by Gasteiger charge is 1.99. The van der Waals surface area contributed by atoms with Crippen molar-refractivity contribution in [1.82, 2.24) is 0 Å². The van der Waals surface area contributed by atoms with Crippen LogP contribution in [0.1, 0.15) is 11.1 Å². The largest absolute Gasteiger partial charge is 0.144 e. The predicted octanol–water partition coefficient (Wildman–Crippen LogP) is 4.03. The molecule has 0 saturated carbocycles. The molecule has 0 atom stereocenters. The second kappa shape index (κ2) is 3.35. The van der Waals surface area contributed by atoms with Gasteiger partial charge in [0.15, 0.2) is 0 Å². The smallest absolute Gasteiger partial charge is 0.0345 e. The summed E-state index contributed by atoms with van der Waals surface area (Å²) >= 11 is 1.81. The molecule has 2 rings (SSSR count).